The molecule has 1 aromatic heterocycles. The van der Waals surface area contributed by atoms with Crippen LogP contribution in [0.2, 0.25) is 0 Å². The normalized spacial score (nSPS) is 27.2. The molecule has 0 radical (unpaired) electrons. The first-order chi connectivity index (χ1) is 14.9. The molecule has 3 N–H and O–H groups in total. The van der Waals surface area contributed by atoms with Crippen LogP contribution in [0.25, 0.3) is 0 Å². The number of amides is 1. The van der Waals surface area contributed by atoms with Gasteiger partial charge in [-0.3, -0.25) is 4.79 Å². The molecule has 2 fully saturated rings. The highest BCUT2D eigenvalue weighted by molar-refractivity contribution is 8.04. The zero-order valence-corrected chi connectivity index (χ0v) is 19.1. The van der Waals surface area contributed by atoms with E-state index < -0.39 is 40.1 Å². The second-order valence-corrected chi connectivity index (χ2v) is 11.0. The van der Waals surface area contributed by atoms with Gasteiger partial charge in [0.25, 0.3) is 10.2 Å². The maximum atomic E-state index is 13.0. The van der Waals surface area contributed by atoms with Gasteiger partial charge in [0.2, 0.25) is 5.91 Å². The van der Waals surface area contributed by atoms with Crippen LogP contribution in [0.4, 0.5) is 0 Å². The van der Waals surface area contributed by atoms with Crippen molar-refractivity contribution in [1.29, 1.82) is 0 Å². The SMILES string of the molecule is Cc1oc(=O)oc1COC(=O)C1=C(SC2CN(S(N)(=O)=O)C2)C(C)C2C(C(C)O)C(=O)N12. The molecule has 14 heteroatoms. The first-order valence-corrected chi connectivity index (χ1v) is 12.2. The Labute approximate surface area is 187 Å². The smallest absolute Gasteiger partial charge is 0.453 e. The first kappa shape index (κ1) is 23.0. The summed E-state index contributed by atoms with van der Waals surface area (Å²) in [4.78, 5) is 38.8. The van der Waals surface area contributed by atoms with E-state index in [0.29, 0.717) is 4.91 Å². The van der Waals surface area contributed by atoms with Crippen molar-refractivity contribution in [1.82, 2.24) is 9.21 Å². The first-order valence-electron chi connectivity index (χ1n) is 9.86. The number of aryl methyl sites for hydroxylation is 1. The third kappa shape index (κ3) is 3.79. The van der Waals surface area contributed by atoms with E-state index in [4.69, 9.17) is 18.7 Å². The maximum Gasteiger partial charge on any atom is 0.519 e. The number of thioether (sulfide) groups is 1. The Hall–Kier alpha value is -2.13. The van der Waals surface area contributed by atoms with Crippen LogP contribution in [0.3, 0.4) is 0 Å². The second-order valence-electron chi connectivity index (χ2n) is 8.08. The highest BCUT2D eigenvalue weighted by Crippen LogP contribution is 2.52. The molecule has 4 unspecified atom stereocenters. The molecule has 12 nitrogen and oxygen atoms in total. The quantitative estimate of drug-likeness (QED) is 0.367. The molecule has 32 heavy (non-hydrogen) atoms. The van der Waals surface area contributed by atoms with Gasteiger partial charge < -0.3 is 23.6 Å². The molecule has 4 atom stereocenters. The monoisotopic (exact) mass is 489 g/mol. The third-order valence-electron chi connectivity index (χ3n) is 5.94. The molecule has 1 aromatic rings. The standard InChI is InChI=1S/C18H23N3O9S2/c1-7-13-12(8(2)22)16(23)21(13)14(15(7)31-10-4-20(5-10)32(19,26)27)17(24)28-6-11-9(3)29-18(25)30-11/h7-8,10,12-13,22H,4-6H2,1-3H3,(H2,19,26,27). The molecule has 3 aliphatic heterocycles. The summed E-state index contributed by atoms with van der Waals surface area (Å²) < 4.78 is 38.9. The topological polar surface area (TPSA) is 174 Å². The lowest BCUT2D eigenvalue weighted by Gasteiger charge is -2.46. The average molecular weight is 490 g/mol. The van der Waals surface area contributed by atoms with Crippen LogP contribution in [0.1, 0.15) is 25.4 Å². The molecular formula is C18H23N3O9S2. The Balaban J connectivity index is 1.56. The van der Waals surface area contributed by atoms with Crippen LogP contribution < -0.4 is 11.0 Å². The van der Waals surface area contributed by atoms with E-state index >= 15 is 0 Å². The molecule has 4 rings (SSSR count). The molecule has 3 aliphatic rings. The van der Waals surface area contributed by atoms with Crippen LogP contribution >= 0.6 is 11.8 Å². The zero-order chi connectivity index (χ0) is 23.5. The van der Waals surface area contributed by atoms with E-state index in [9.17, 15) is 27.9 Å². The van der Waals surface area contributed by atoms with Crippen molar-refractivity contribution in [2.24, 2.45) is 17.0 Å². The van der Waals surface area contributed by atoms with Gasteiger partial charge in [0.1, 0.15) is 5.70 Å². The van der Waals surface area contributed by atoms with Gasteiger partial charge in [-0.2, -0.15) is 12.7 Å². The van der Waals surface area contributed by atoms with E-state index in [-0.39, 0.29) is 54.0 Å². The van der Waals surface area contributed by atoms with Crippen molar-refractivity contribution < 1.29 is 36.7 Å². The summed E-state index contributed by atoms with van der Waals surface area (Å²) in [7, 11) is -3.79. The summed E-state index contributed by atoms with van der Waals surface area (Å²) in [6.45, 7) is 4.86. The van der Waals surface area contributed by atoms with Crippen molar-refractivity contribution in [2.75, 3.05) is 13.1 Å². The molecule has 1 amide bonds. The van der Waals surface area contributed by atoms with Crippen LogP contribution in [0.15, 0.2) is 24.2 Å². The van der Waals surface area contributed by atoms with Gasteiger partial charge in [0.05, 0.1) is 18.1 Å². The number of nitrogens with zero attached hydrogens (tertiary/aromatic N) is 2. The minimum Gasteiger partial charge on any atom is -0.453 e. The Morgan fingerprint density at radius 1 is 1.34 bits per heavy atom. The number of esters is 1. The van der Waals surface area contributed by atoms with Gasteiger partial charge in [0, 0.05) is 29.2 Å². The van der Waals surface area contributed by atoms with Gasteiger partial charge >= 0.3 is 11.8 Å². The predicted octanol–water partition coefficient (Wildman–Crippen LogP) is -0.726. The highest BCUT2D eigenvalue weighted by Gasteiger charge is 2.60. The number of aliphatic hydroxyl groups excluding tert-OH is 1. The van der Waals surface area contributed by atoms with Crippen molar-refractivity contribution in [2.45, 2.75) is 44.8 Å². The molecule has 4 heterocycles. The number of rotatable bonds is 7. The van der Waals surface area contributed by atoms with Gasteiger partial charge in [-0.1, -0.05) is 6.92 Å². The summed E-state index contributed by atoms with van der Waals surface area (Å²) >= 11 is 1.30. The van der Waals surface area contributed by atoms with Gasteiger partial charge in [-0.15, -0.1) is 11.8 Å². The van der Waals surface area contributed by atoms with E-state index in [2.05, 4.69) is 0 Å². The lowest BCUT2D eigenvalue weighted by atomic mass is 9.79. The lowest BCUT2D eigenvalue weighted by Crippen LogP contribution is -2.63. The van der Waals surface area contributed by atoms with E-state index in [1.807, 2.05) is 6.92 Å². The number of ether oxygens (including phenoxy) is 1. The van der Waals surface area contributed by atoms with E-state index in [0.717, 1.165) is 4.31 Å². The number of β-lactam (4-membered cyclic amide) rings is 1. The van der Waals surface area contributed by atoms with Crippen LogP contribution in [0, 0.1) is 18.8 Å². The van der Waals surface area contributed by atoms with Crippen molar-refractivity contribution in [3.05, 3.63) is 32.7 Å². The Morgan fingerprint density at radius 2 is 2.00 bits per heavy atom. The Bertz CT molecular complexity index is 1150. The molecule has 2 saturated heterocycles. The van der Waals surface area contributed by atoms with E-state index in [1.54, 1.807) is 0 Å². The Morgan fingerprint density at radius 3 is 2.53 bits per heavy atom. The van der Waals surface area contributed by atoms with Gasteiger partial charge in [-0.25, -0.2) is 14.7 Å². The fourth-order valence-electron chi connectivity index (χ4n) is 4.24. The molecule has 0 spiro atoms. The summed E-state index contributed by atoms with van der Waals surface area (Å²) in [5.74, 6) is -2.77. The van der Waals surface area contributed by atoms with Crippen LogP contribution in [0.5, 0.6) is 0 Å². The molecular weight excluding hydrogens is 466 g/mol. The number of aliphatic hydroxyl groups is 1. The second kappa shape index (κ2) is 8.02. The number of hydrogen-bond donors (Lipinski definition) is 2. The van der Waals surface area contributed by atoms with Crippen molar-refractivity contribution in [3.63, 3.8) is 0 Å². The van der Waals surface area contributed by atoms with Crippen molar-refractivity contribution in [3.8, 4) is 0 Å². The molecule has 0 bridgehead atoms. The summed E-state index contributed by atoms with van der Waals surface area (Å²) in [6.07, 6.45) is -0.891. The van der Waals surface area contributed by atoms with Crippen LogP contribution in [-0.4, -0.2) is 65.1 Å². The van der Waals surface area contributed by atoms with Crippen LogP contribution in [-0.2, 0) is 31.1 Å². The fraction of sp³-hybridized carbons (Fsp3) is 0.611. The summed E-state index contributed by atoms with van der Waals surface area (Å²) in [5, 5.41) is 15.0. The molecule has 0 saturated carbocycles. The zero-order valence-electron chi connectivity index (χ0n) is 17.5. The molecule has 176 valence electrons. The molecule has 0 aliphatic carbocycles. The minimum absolute atomic E-state index is 0.0559. The van der Waals surface area contributed by atoms with Gasteiger partial charge in [-0.05, 0) is 13.8 Å². The minimum atomic E-state index is -3.79. The van der Waals surface area contributed by atoms with Gasteiger partial charge in [0.15, 0.2) is 18.1 Å². The number of fused-ring (bicyclic) bond motifs is 1. The fourth-order valence-corrected chi connectivity index (χ4v) is 6.72. The predicted molar refractivity (Wildman–Crippen MR) is 110 cm³/mol. The summed E-state index contributed by atoms with van der Waals surface area (Å²) in [6, 6.07) is -0.407. The largest absolute Gasteiger partial charge is 0.519 e. The number of nitrogens with two attached hydrogens (primary N) is 1. The van der Waals surface area contributed by atoms with Crippen molar-refractivity contribution >= 4 is 33.8 Å². The number of carbonyl (C=O) groups excluding carboxylic acids is 2. The Kier molecular flexibility index (Phi) is 5.78. The lowest BCUT2D eigenvalue weighted by molar-refractivity contribution is -0.164. The summed E-state index contributed by atoms with van der Waals surface area (Å²) in [5.41, 5.74) is 0.0620. The highest BCUT2D eigenvalue weighted by atomic mass is 32.2. The maximum absolute atomic E-state index is 13.0. The number of carbonyl (C=O) groups is 2. The number of hydrogen-bond acceptors (Lipinski definition) is 10. The third-order valence-corrected chi connectivity index (χ3v) is 8.41. The van der Waals surface area contributed by atoms with E-state index in [1.165, 1.54) is 30.5 Å². The average Bonchev–Trinajstić information content (AvgIpc) is 3.08. The molecule has 0 aromatic carbocycles.